The van der Waals surface area contributed by atoms with Crippen LogP contribution in [0.15, 0.2) is 6.20 Å². The van der Waals surface area contributed by atoms with Gasteiger partial charge in [-0.2, -0.15) is 13.2 Å². The molecule has 4 nitrogen and oxygen atoms in total. The van der Waals surface area contributed by atoms with Crippen molar-refractivity contribution < 1.29 is 18.3 Å². The quantitative estimate of drug-likeness (QED) is 0.903. The lowest BCUT2D eigenvalue weighted by Gasteiger charge is -2.36. The summed E-state index contributed by atoms with van der Waals surface area (Å²) < 4.78 is 37.7. The van der Waals surface area contributed by atoms with Gasteiger partial charge in [-0.05, 0) is 26.3 Å². The summed E-state index contributed by atoms with van der Waals surface area (Å²) in [6.45, 7) is 2.47. The van der Waals surface area contributed by atoms with Gasteiger partial charge in [-0.3, -0.25) is 0 Å². The molecule has 1 N–H and O–H groups in total. The summed E-state index contributed by atoms with van der Waals surface area (Å²) in [5, 5.41) is 9.30. The van der Waals surface area contributed by atoms with Gasteiger partial charge in [0.2, 0.25) is 0 Å². The molecule has 0 bridgehead atoms. The van der Waals surface area contributed by atoms with Crippen LogP contribution < -0.4 is 4.90 Å². The van der Waals surface area contributed by atoms with E-state index in [2.05, 4.69) is 9.88 Å². The van der Waals surface area contributed by atoms with Crippen molar-refractivity contribution in [3.63, 3.8) is 0 Å². The van der Waals surface area contributed by atoms with E-state index in [-0.39, 0.29) is 6.61 Å². The van der Waals surface area contributed by atoms with Crippen LogP contribution in [0.3, 0.4) is 0 Å². The summed E-state index contributed by atoms with van der Waals surface area (Å²) in [6, 6.07) is 0.426. The van der Waals surface area contributed by atoms with Crippen LogP contribution in [0, 0.1) is 0 Å². The van der Waals surface area contributed by atoms with Gasteiger partial charge in [-0.1, -0.05) is 11.3 Å². The van der Waals surface area contributed by atoms with Crippen molar-refractivity contribution in [2.24, 2.45) is 0 Å². The smallest absolute Gasteiger partial charge is 0.396 e. The third-order valence-electron chi connectivity index (χ3n) is 3.80. The number of aromatic nitrogens is 1. The number of aliphatic hydroxyl groups excluding tert-OH is 1. The highest BCUT2D eigenvalue weighted by Gasteiger charge is 2.34. The topological polar surface area (TPSA) is 39.6 Å². The molecule has 1 saturated heterocycles. The number of thiazole rings is 1. The number of rotatable bonds is 5. The number of hydrogen-bond acceptors (Lipinski definition) is 5. The minimum absolute atomic E-state index is 0.183. The fourth-order valence-electron chi connectivity index (χ4n) is 2.54. The van der Waals surface area contributed by atoms with E-state index in [1.165, 1.54) is 0 Å². The Morgan fingerprint density at radius 2 is 2.10 bits per heavy atom. The first-order valence-corrected chi connectivity index (χ1v) is 7.82. The molecule has 0 aromatic carbocycles. The van der Waals surface area contributed by atoms with E-state index < -0.39 is 11.1 Å². The average molecular weight is 323 g/mol. The zero-order valence-corrected chi connectivity index (χ0v) is 12.8. The van der Waals surface area contributed by atoms with Gasteiger partial charge in [0.25, 0.3) is 0 Å². The lowest BCUT2D eigenvalue weighted by atomic mass is 10.0. The molecule has 0 saturated carbocycles. The molecule has 21 heavy (non-hydrogen) atoms. The minimum Gasteiger partial charge on any atom is -0.396 e. The Bertz CT molecular complexity index is 444. The second-order valence-electron chi connectivity index (χ2n) is 5.28. The Hall–Kier alpha value is -0.860. The monoisotopic (exact) mass is 323 g/mol. The molecule has 1 aliphatic heterocycles. The van der Waals surface area contributed by atoms with E-state index in [4.69, 9.17) is 5.11 Å². The maximum atomic E-state index is 12.6. The first kappa shape index (κ1) is 16.5. The highest BCUT2D eigenvalue weighted by Crippen LogP contribution is 2.37. The zero-order valence-electron chi connectivity index (χ0n) is 11.9. The van der Waals surface area contributed by atoms with Gasteiger partial charge in [-0.25, -0.2) is 4.98 Å². The normalized spacial score (nSPS) is 17.7. The molecule has 0 atom stereocenters. The van der Waals surface area contributed by atoms with Crippen LogP contribution in [-0.2, 0) is 6.18 Å². The summed E-state index contributed by atoms with van der Waals surface area (Å²) in [5.41, 5.74) is 0. The van der Waals surface area contributed by atoms with Gasteiger partial charge in [-0.15, -0.1) is 0 Å². The maximum absolute atomic E-state index is 12.6. The molecule has 0 amide bonds. The summed E-state index contributed by atoms with van der Waals surface area (Å²) >= 11 is 0.713. The standard InChI is InChI=1S/C13H20F3N3OS/c1-18(5-2-8-20)10-3-6-19(7-4-10)12-17-9-11(21-12)13(14,15)16/h9-10,20H,2-8H2,1H3. The first-order chi connectivity index (χ1) is 9.91. The van der Waals surface area contributed by atoms with Crippen LogP contribution in [0.4, 0.5) is 18.3 Å². The Morgan fingerprint density at radius 3 is 2.62 bits per heavy atom. The SMILES string of the molecule is CN(CCCO)C1CCN(c2ncc(C(F)(F)F)s2)CC1. The molecular formula is C13H20F3N3OS. The molecule has 1 aromatic rings. The molecule has 120 valence electrons. The van der Waals surface area contributed by atoms with Gasteiger partial charge >= 0.3 is 6.18 Å². The van der Waals surface area contributed by atoms with Crippen molar-refractivity contribution >= 4 is 16.5 Å². The van der Waals surface area contributed by atoms with Crippen LogP contribution >= 0.6 is 11.3 Å². The fraction of sp³-hybridized carbons (Fsp3) is 0.769. The molecule has 0 spiro atoms. The number of anilines is 1. The van der Waals surface area contributed by atoms with E-state index in [0.717, 1.165) is 45.1 Å². The summed E-state index contributed by atoms with van der Waals surface area (Å²) in [6.07, 6.45) is -0.831. The predicted molar refractivity (Wildman–Crippen MR) is 76.7 cm³/mol. The highest BCUT2D eigenvalue weighted by molar-refractivity contribution is 7.15. The number of hydrogen-bond donors (Lipinski definition) is 1. The number of nitrogens with zero attached hydrogens (tertiary/aromatic N) is 3. The van der Waals surface area contributed by atoms with Gasteiger partial charge in [0.05, 0.1) is 6.20 Å². The molecule has 2 heterocycles. The van der Waals surface area contributed by atoms with E-state index in [0.29, 0.717) is 22.5 Å². The maximum Gasteiger partial charge on any atom is 0.427 e. The lowest BCUT2D eigenvalue weighted by molar-refractivity contribution is -0.134. The Morgan fingerprint density at radius 1 is 1.43 bits per heavy atom. The molecule has 1 aromatic heterocycles. The van der Waals surface area contributed by atoms with Crippen molar-refractivity contribution in [3.05, 3.63) is 11.1 Å². The van der Waals surface area contributed by atoms with Crippen LogP contribution in [0.2, 0.25) is 0 Å². The minimum atomic E-state index is -4.31. The number of halogens is 3. The van der Waals surface area contributed by atoms with E-state index in [1.807, 2.05) is 11.9 Å². The number of aliphatic hydroxyl groups is 1. The second kappa shape index (κ2) is 6.93. The van der Waals surface area contributed by atoms with Crippen molar-refractivity contribution in [2.45, 2.75) is 31.5 Å². The average Bonchev–Trinajstić information content (AvgIpc) is 2.95. The molecule has 0 unspecified atom stereocenters. The van der Waals surface area contributed by atoms with Gasteiger partial charge < -0.3 is 14.9 Å². The van der Waals surface area contributed by atoms with Gasteiger partial charge in [0.15, 0.2) is 5.13 Å². The highest BCUT2D eigenvalue weighted by atomic mass is 32.1. The summed E-state index contributed by atoms with van der Waals surface area (Å²) in [7, 11) is 2.03. The van der Waals surface area contributed by atoms with Gasteiger partial charge in [0.1, 0.15) is 4.88 Å². The first-order valence-electron chi connectivity index (χ1n) is 7.01. The largest absolute Gasteiger partial charge is 0.427 e. The molecular weight excluding hydrogens is 303 g/mol. The van der Waals surface area contributed by atoms with Crippen molar-refractivity contribution in [1.82, 2.24) is 9.88 Å². The molecule has 0 radical (unpaired) electrons. The van der Waals surface area contributed by atoms with Crippen LogP contribution in [0.25, 0.3) is 0 Å². The summed E-state index contributed by atoms with van der Waals surface area (Å²) in [5.74, 6) is 0. The van der Waals surface area contributed by atoms with E-state index >= 15 is 0 Å². The Kier molecular flexibility index (Phi) is 5.45. The molecule has 8 heteroatoms. The van der Waals surface area contributed by atoms with Crippen molar-refractivity contribution in [2.75, 3.05) is 38.2 Å². The number of alkyl halides is 3. The molecule has 1 fully saturated rings. The molecule has 2 rings (SSSR count). The zero-order chi connectivity index (χ0) is 15.5. The Labute approximate surface area is 126 Å². The molecule has 0 aliphatic carbocycles. The van der Waals surface area contributed by atoms with Crippen LogP contribution in [0.1, 0.15) is 24.1 Å². The molecule has 1 aliphatic rings. The summed E-state index contributed by atoms with van der Waals surface area (Å²) in [4.78, 5) is 7.41. The van der Waals surface area contributed by atoms with E-state index in [1.54, 1.807) is 0 Å². The van der Waals surface area contributed by atoms with Crippen molar-refractivity contribution in [1.29, 1.82) is 0 Å². The second-order valence-corrected chi connectivity index (χ2v) is 6.29. The Balaban J connectivity index is 1.88. The predicted octanol–water partition coefficient (Wildman–Crippen LogP) is 2.44. The third kappa shape index (κ3) is 4.31. The van der Waals surface area contributed by atoms with Crippen molar-refractivity contribution in [3.8, 4) is 0 Å². The number of piperidine rings is 1. The fourth-order valence-corrected chi connectivity index (χ4v) is 3.38. The lowest BCUT2D eigenvalue weighted by Crippen LogP contribution is -2.43. The van der Waals surface area contributed by atoms with Crippen LogP contribution in [-0.4, -0.2) is 54.3 Å². The van der Waals surface area contributed by atoms with Crippen LogP contribution in [0.5, 0.6) is 0 Å². The van der Waals surface area contributed by atoms with E-state index in [9.17, 15) is 13.2 Å². The van der Waals surface area contributed by atoms with Gasteiger partial charge in [0, 0.05) is 32.3 Å². The third-order valence-corrected chi connectivity index (χ3v) is 4.90.